The summed E-state index contributed by atoms with van der Waals surface area (Å²) in [5, 5.41) is 4.05. The van der Waals surface area contributed by atoms with E-state index in [0.717, 1.165) is 17.7 Å². The number of hydrogen-bond donors (Lipinski definition) is 0. The van der Waals surface area contributed by atoms with E-state index < -0.39 is 12.5 Å². The Morgan fingerprint density at radius 3 is 2.43 bits per heavy atom. The highest BCUT2D eigenvalue weighted by Crippen LogP contribution is 2.33. The number of aryl methyl sites for hydroxylation is 1. The Morgan fingerprint density at radius 1 is 1.24 bits per heavy atom. The topological polar surface area (TPSA) is 17.8 Å². The smallest absolute Gasteiger partial charge is 0.263 e. The van der Waals surface area contributed by atoms with Gasteiger partial charge in [0, 0.05) is 16.8 Å². The molecule has 2 nitrogen and oxygen atoms in total. The predicted octanol–water partition coefficient (Wildman–Crippen LogP) is 4.98. The van der Waals surface area contributed by atoms with Gasteiger partial charge in [0.25, 0.3) is 5.92 Å². The Hall–Kier alpha value is -1.42. The molecule has 0 saturated carbocycles. The fourth-order valence-electron chi connectivity index (χ4n) is 2.48. The lowest BCUT2D eigenvalue weighted by Crippen LogP contribution is -2.23. The zero-order valence-electron chi connectivity index (χ0n) is 12.4. The van der Waals surface area contributed by atoms with E-state index in [1.54, 1.807) is 25.1 Å². The predicted molar refractivity (Wildman–Crippen MR) is 80.9 cm³/mol. The summed E-state index contributed by atoms with van der Waals surface area (Å²) in [6.07, 6.45) is 0.740. The van der Waals surface area contributed by atoms with Crippen LogP contribution in [0.1, 0.15) is 41.2 Å². The molecule has 1 unspecified atom stereocenters. The Kier molecular flexibility index (Phi) is 4.67. The number of nitrogens with zero attached hydrogens (tertiary/aromatic N) is 2. The second kappa shape index (κ2) is 6.14. The summed E-state index contributed by atoms with van der Waals surface area (Å²) in [6.45, 7) is 5.09. The Morgan fingerprint density at radius 2 is 1.86 bits per heavy atom. The van der Waals surface area contributed by atoms with Crippen LogP contribution in [-0.4, -0.2) is 9.78 Å². The van der Waals surface area contributed by atoms with Crippen LogP contribution in [0.15, 0.2) is 30.3 Å². The highest BCUT2D eigenvalue weighted by Gasteiger charge is 2.33. The summed E-state index contributed by atoms with van der Waals surface area (Å²) in [6, 6.07) is 7.82. The number of benzene rings is 1. The minimum absolute atomic E-state index is 0.00276. The molecule has 1 aromatic heterocycles. The van der Waals surface area contributed by atoms with Gasteiger partial charge in [0.2, 0.25) is 0 Å². The molecule has 2 rings (SSSR count). The van der Waals surface area contributed by atoms with E-state index in [0.29, 0.717) is 5.69 Å². The number of halogens is 3. The van der Waals surface area contributed by atoms with Crippen LogP contribution in [0.25, 0.3) is 0 Å². The fourth-order valence-corrected chi connectivity index (χ4v) is 2.80. The largest absolute Gasteiger partial charge is 0.292 e. The maximum atomic E-state index is 14.4. The first-order valence-electron chi connectivity index (χ1n) is 6.98. The van der Waals surface area contributed by atoms with Crippen LogP contribution < -0.4 is 0 Å². The lowest BCUT2D eigenvalue weighted by molar-refractivity contribution is -0.0260. The zero-order chi connectivity index (χ0) is 15.6. The third-order valence-corrected chi connectivity index (χ3v) is 4.18. The second-order valence-electron chi connectivity index (χ2n) is 5.19. The highest BCUT2D eigenvalue weighted by atomic mass is 35.5. The molecule has 0 spiro atoms. The van der Waals surface area contributed by atoms with Crippen molar-refractivity contribution in [2.75, 3.05) is 0 Å². The highest BCUT2D eigenvalue weighted by molar-refractivity contribution is 6.20. The summed E-state index contributed by atoms with van der Waals surface area (Å²) in [5.74, 6) is -2.96. The number of hydrogen-bond acceptors (Lipinski definition) is 1. The third kappa shape index (κ3) is 3.26. The van der Waals surface area contributed by atoms with Crippen molar-refractivity contribution in [1.82, 2.24) is 9.78 Å². The molecule has 0 bridgehead atoms. The molecule has 21 heavy (non-hydrogen) atoms. The van der Waals surface area contributed by atoms with Gasteiger partial charge in [-0.15, -0.1) is 11.6 Å². The lowest BCUT2D eigenvalue weighted by atomic mass is 10.1. The summed E-state index contributed by atoms with van der Waals surface area (Å²) >= 11 is 6.26. The summed E-state index contributed by atoms with van der Waals surface area (Å²) < 4.78 is 30.1. The quantitative estimate of drug-likeness (QED) is 0.712. The lowest BCUT2D eigenvalue weighted by Gasteiger charge is -2.18. The molecular formula is C16H19ClF2N2. The first kappa shape index (κ1) is 16.0. The third-order valence-electron chi connectivity index (χ3n) is 3.65. The Bertz CT molecular complexity index is 608. The molecule has 1 aromatic carbocycles. The van der Waals surface area contributed by atoms with E-state index in [2.05, 4.69) is 5.10 Å². The average Bonchev–Trinajstić information content (AvgIpc) is 2.73. The van der Waals surface area contributed by atoms with Crippen LogP contribution in [-0.2, 0) is 12.5 Å². The van der Waals surface area contributed by atoms with E-state index in [-0.39, 0.29) is 10.9 Å². The Balaban J connectivity index is 2.32. The van der Waals surface area contributed by atoms with Gasteiger partial charge in [-0.3, -0.25) is 4.68 Å². The van der Waals surface area contributed by atoms with Crippen molar-refractivity contribution in [3.05, 3.63) is 52.8 Å². The van der Waals surface area contributed by atoms with Gasteiger partial charge in [0.15, 0.2) is 0 Å². The summed E-state index contributed by atoms with van der Waals surface area (Å²) in [5.41, 5.74) is 2.29. The first-order valence-corrected chi connectivity index (χ1v) is 7.41. The van der Waals surface area contributed by atoms with Crippen LogP contribution >= 0.6 is 11.6 Å². The van der Waals surface area contributed by atoms with E-state index in [4.69, 9.17) is 11.6 Å². The number of rotatable bonds is 5. The molecule has 0 aliphatic rings. The summed E-state index contributed by atoms with van der Waals surface area (Å²) in [7, 11) is 0. The molecule has 0 fully saturated rings. The van der Waals surface area contributed by atoms with E-state index in [1.807, 2.05) is 13.8 Å². The normalized spacial score (nSPS) is 13.4. The van der Waals surface area contributed by atoms with Crippen molar-refractivity contribution in [2.45, 2.75) is 45.0 Å². The molecular weight excluding hydrogens is 294 g/mol. The number of aromatic nitrogens is 2. The minimum atomic E-state index is -2.96. The monoisotopic (exact) mass is 312 g/mol. The maximum absolute atomic E-state index is 14.4. The fraction of sp³-hybridized carbons (Fsp3) is 0.438. The van der Waals surface area contributed by atoms with Gasteiger partial charge in [-0.2, -0.15) is 13.9 Å². The molecule has 0 saturated heterocycles. The van der Waals surface area contributed by atoms with Gasteiger partial charge < -0.3 is 0 Å². The van der Waals surface area contributed by atoms with Crippen molar-refractivity contribution >= 4 is 11.6 Å². The molecule has 5 heteroatoms. The molecule has 1 heterocycles. The van der Waals surface area contributed by atoms with Gasteiger partial charge >= 0.3 is 0 Å². The molecule has 0 aliphatic heterocycles. The molecule has 0 amide bonds. The van der Waals surface area contributed by atoms with E-state index in [9.17, 15) is 8.78 Å². The second-order valence-corrected chi connectivity index (χ2v) is 5.72. The van der Waals surface area contributed by atoms with Crippen molar-refractivity contribution in [2.24, 2.45) is 0 Å². The average molecular weight is 313 g/mol. The van der Waals surface area contributed by atoms with Gasteiger partial charge in [-0.25, -0.2) is 0 Å². The molecule has 1 atom stereocenters. The van der Waals surface area contributed by atoms with E-state index in [1.165, 1.54) is 16.8 Å². The van der Waals surface area contributed by atoms with Crippen LogP contribution in [0.4, 0.5) is 8.78 Å². The van der Waals surface area contributed by atoms with Gasteiger partial charge in [0.05, 0.1) is 11.1 Å². The Labute approximate surface area is 128 Å². The summed E-state index contributed by atoms with van der Waals surface area (Å²) in [4.78, 5) is 0. The van der Waals surface area contributed by atoms with Crippen LogP contribution in [0.2, 0.25) is 0 Å². The molecule has 0 aliphatic carbocycles. The molecule has 2 aromatic rings. The van der Waals surface area contributed by atoms with E-state index >= 15 is 0 Å². The van der Waals surface area contributed by atoms with Gasteiger partial charge in [-0.1, -0.05) is 37.3 Å². The standard InChI is InChI=1S/C16H19ClF2N2/c1-4-14(17)15-11(2)20-21(12(15)3)10-16(18,19)13-8-6-5-7-9-13/h5-9,14H,4,10H2,1-3H3. The van der Waals surface area contributed by atoms with Crippen molar-refractivity contribution in [1.29, 1.82) is 0 Å². The van der Waals surface area contributed by atoms with Crippen molar-refractivity contribution in [3.63, 3.8) is 0 Å². The van der Waals surface area contributed by atoms with Crippen molar-refractivity contribution in [3.8, 4) is 0 Å². The van der Waals surface area contributed by atoms with Gasteiger partial charge in [-0.05, 0) is 20.3 Å². The number of alkyl halides is 3. The molecule has 114 valence electrons. The van der Waals surface area contributed by atoms with Crippen LogP contribution in [0.3, 0.4) is 0 Å². The first-order chi connectivity index (χ1) is 9.86. The maximum Gasteiger partial charge on any atom is 0.292 e. The zero-order valence-corrected chi connectivity index (χ0v) is 13.2. The minimum Gasteiger partial charge on any atom is -0.263 e. The SMILES string of the molecule is CCC(Cl)c1c(C)nn(CC(F)(F)c2ccccc2)c1C. The van der Waals surface area contributed by atoms with Crippen LogP contribution in [0, 0.1) is 13.8 Å². The van der Waals surface area contributed by atoms with Gasteiger partial charge in [0.1, 0.15) is 6.54 Å². The van der Waals surface area contributed by atoms with Crippen molar-refractivity contribution < 1.29 is 8.78 Å². The molecule has 0 radical (unpaired) electrons. The molecule has 0 N–H and O–H groups in total. The van der Waals surface area contributed by atoms with Crippen LogP contribution in [0.5, 0.6) is 0 Å².